The standard InChI is InChI=1S/C17H21N3O/c1-13(2)20(12-14-8-6-7-11-16(14)18)17(21)19-15-9-4-3-5-10-15/h3-11,13H,12,18H2,1-2H3,(H,19,21). The van der Waals surface area contributed by atoms with Crippen LogP contribution < -0.4 is 11.1 Å². The van der Waals surface area contributed by atoms with Crippen LogP contribution in [-0.4, -0.2) is 17.0 Å². The Morgan fingerprint density at radius 1 is 1.10 bits per heavy atom. The van der Waals surface area contributed by atoms with E-state index in [9.17, 15) is 4.79 Å². The molecule has 0 aliphatic rings. The number of nitrogen functional groups attached to an aromatic ring is 1. The van der Waals surface area contributed by atoms with Gasteiger partial charge in [-0.05, 0) is 37.6 Å². The molecule has 2 rings (SSSR count). The van der Waals surface area contributed by atoms with E-state index in [0.29, 0.717) is 12.2 Å². The molecule has 0 aromatic heterocycles. The van der Waals surface area contributed by atoms with Crippen LogP contribution in [-0.2, 0) is 6.54 Å². The van der Waals surface area contributed by atoms with E-state index < -0.39 is 0 Å². The fourth-order valence-electron chi connectivity index (χ4n) is 2.07. The number of carbonyl (C=O) groups is 1. The highest BCUT2D eigenvalue weighted by Gasteiger charge is 2.18. The Kier molecular flexibility index (Phi) is 4.82. The van der Waals surface area contributed by atoms with Gasteiger partial charge in [-0.15, -0.1) is 0 Å². The lowest BCUT2D eigenvalue weighted by atomic mass is 10.1. The second-order valence-electron chi connectivity index (χ2n) is 5.22. The fourth-order valence-corrected chi connectivity index (χ4v) is 2.07. The van der Waals surface area contributed by atoms with Gasteiger partial charge >= 0.3 is 6.03 Å². The van der Waals surface area contributed by atoms with E-state index in [1.54, 1.807) is 4.90 Å². The van der Waals surface area contributed by atoms with Crippen molar-refractivity contribution in [1.29, 1.82) is 0 Å². The zero-order valence-corrected chi connectivity index (χ0v) is 12.4. The van der Waals surface area contributed by atoms with Gasteiger partial charge in [0.2, 0.25) is 0 Å². The highest BCUT2D eigenvalue weighted by Crippen LogP contribution is 2.16. The molecule has 4 heteroatoms. The van der Waals surface area contributed by atoms with Crippen LogP contribution in [0.4, 0.5) is 16.2 Å². The molecule has 110 valence electrons. The minimum Gasteiger partial charge on any atom is -0.398 e. The number of carbonyl (C=O) groups excluding carboxylic acids is 1. The lowest BCUT2D eigenvalue weighted by Gasteiger charge is -2.27. The molecule has 2 aromatic carbocycles. The average molecular weight is 283 g/mol. The van der Waals surface area contributed by atoms with Crippen LogP contribution in [0.1, 0.15) is 19.4 Å². The molecule has 21 heavy (non-hydrogen) atoms. The molecule has 0 atom stereocenters. The van der Waals surface area contributed by atoms with E-state index >= 15 is 0 Å². The molecular weight excluding hydrogens is 262 g/mol. The Morgan fingerprint density at radius 3 is 2.33 bits per heavy atom. The van der Waals surface area contributed by atoms with Crippen molar-refractivity contribution >= 4 is 17.4 Å². The van der Waals surface area contributed by atoms with Gasteiger partial charge in [0.1, 0.15) is 0 Å². The first-order chi connectivity index (χ1) is 10.1. The van der Waals surface area contributed by atoms with Gasteiger partial charge in [0.15, 0.2) is 0 Å². The summed E-state index contributed by atoms with van der Waals surface area (Å²) in [6.07, 6.45) is 0. The first-order valence-corrected chi connectivity index (χ1v) is 7.04. The van der Waals surface area contributed by atoms with Crippen LogP contribution >= 0.6 is 0 Å². The summed E-state index contributed by atoms with van der Waals surface area (Å²) >= 11 is 0. The molecular formula is C17H21N3O. The summed E-state index contributed by atoms with van der Waals surface area (Å²) in [5.41, 5.74) is 8.41. The van der Waals surface area contributed by atoms with Crippen molar-refractivity contribution in [3.05, 3.63) is 60.2 Å². The maximum atomic E-state index is 12.4. The van der Waals surface area contributed by atoms with Crippen LogP contribution in [0.3, 0.4) is 0 Å². The van der Waals surface area contributed by atoms with E-state index in [2.05, 4.69) is 5.32 Å². The van der Waals surface area contributed by atoms with Crippen LogP contribution in [0, 0.1) is 0 Å². The summed E-state index contributed by atoms with van der Waals surface area (Å²) in [6, 6.07) is 17.0. The second kappa shape index (κ2) is 6.79. The smallest absolute Gasteiger partial charge is 0.322 e. The summed E-state index contributed by atoms with van der Waals surface area (Å²) in [5.74, 6) is 0. The Bertz CT molecular complexity index is 596. The molecule has 0 heterocycles. The topological polar surface area (TPSA) is 58.4 Å². The summed E-state index contributed by atoms with van der Waals surface area (Å²) in [7, 11) is 0. The predicted molar refractivity (Wildman–Crippen MR) is 87.0 cm³/mol. The third kappa shape index (κ3) is 3.99. The molecule has 3 N–H and O–H groups in total. The molecule has 0 bridgehead atoms. The average Bonchev–Trinajstić information content (AvgIpc) is 2.47. The SMILES string of the molecule is CC(C)N(Cc1ccccc1N)C(=O)Nc1ccccc1. The van der Waals surface area contributed by atoms with Gasteiger partial charge in [-0.1, -0.05) is 36.4 Å². The van der Waals surface area contributed by atoms with Crippen molar-refractivity contribution in [1.82, 2.24) is 4.90 Å². The van der Waals surface area contributed by atoms with Crippen molar-refractivity contribution in [3.63, 3.8) is 0 Å². The maximum Gasteiger partial charge on any atom is 0.322 e. The van der Waals surface area contributed by atoms with Gasteiger partial charge in [0.25, 0.3) is 0 Å². The Labute approximate surface area is 125 Å². The fraction of sp³-hybridized carbons (Fsp3) is 0.235. The minimum absolute atomic E-state index is 0.0771. The Hall–Kier alpha value is -2.49. The molecule has 2 aromatic rings. The molecule has 0 fully saturated rings. The summed E-state index contributed by atoms with van der Waals surface area (Å²) in [5, 5.41) is 2.91. The molecule has 0 saturated carbocycles. The van der Waals surface area contributed by atoms with Crippen molar-refractivity contribution in [2.24, 2.45) is 0 Å². The highest BCUT2D eigenvalue weighted by atomic mass is 16.2. The third-order valence-electron chi connectivity index (χ3n) is 3.31. The van der Waals surface area contributed by atoms with Gasteiger partial charge in [-0.3, -0.25) is 0 Å². The number of urea groups is 1. The van der Waals surface area contributed by atoms with Crippen LogP contribution in [0.2, 0.25) is 0 Å². The van der Waals surface area contributed by atoms with Gasteiger partial charge in [-0.25, -0.2) is 4.79 Å². The number of anilines is 2. The number of nitrogens with two attached hydrogens (primary N) is 1. The first kappa shape index (κ1) is 14.9. The minimum atomic E-state index is -0.126. The quantitative estimate of drug-likeness (QED) is 0.840. The normalized spacial score (nSPS) is 10.4. The van der Waals surface area contributed by atoms with Gasteiger partial charge in [0.05, 0.1) is 0 Å². The Morgan fingerprint density at radius 2 is 1.71 bits per heavy atom. The molecule has 0 aliphatic heterocycles. The first-order valence-electron chi connectivity index (χ1n) is 7.04. The third-order valence-corrected chi connectivity index (χ3v) is 3.31. The van der Waals surface area contributed by atoms with Crippen LogP contribution in [0.15, 0.2) is 54.6 Å². The van der Waals surface area contributed by atoms with Crippen molar-refractivity contribution in [2.75, 3.05) is 11.1 Å². The van der Waals surface area contributed by atoms with E-state index in [1.165, 1.54) is 0 Å². The highest BCUT2D eigenvalue weighted by molar-refractivity contribution is 5.89. The molecule has 0 spiro atoms. The number of amides is 2. The lowest BCUT2D eigenvalue weighted by molar-refractivity contribution is 0.194. The second-order valence-corrected chi connectivity index (χ2v) is 5.22. The van der Waals surface area contributed by atoms with Crippen molar-refractivity contribution < 1.29 is 4.79 Å². The van der Waals surface area contributed by atoms with E-state index in [1.807, 2.05) is 68.4 Å². The molecule has 0 radical (unpaired) electrons. The van der Waals surface area contributed by atoms with Gasteiger partial charge in [-0.2, -0.15) is 0 Å². The lowest BCUT2D eigenvalue weighted by Crippen LogP contribution is -2.39. The monoisotopic (exact) mass is 283 g/mol. The summed E-state index contributed by atoms with van der Waals surface area (Å²) in [4.78, 5) is 14.2. The number of rotatable bonds is 4. The zero-order valence-electron chi connectivity index (χ0n) is 12.4. The summed E-state index contributed by atoms with van der Waals surface area (Å²) < 4.78 is 0. The molecule has 0 unspecified atom stereocenters. The number of nitrogens with one attached hydrogen (secondary N) is 1. The van der Waals surface area contributed by atoms with Crippen LogP contribution in [0.5, 0.6) is 0 Å². The summed E-state index contributed by atoms with van der Waals surface area (Å²) in [6.45, 7) is 4.47. The molecule has 2 amide bonds. The van der Waals surface area contributed by atoms with Crippen LogP contribution in [0.25, 0.3) is 0 Å². The van der Waals surface area contributed by atoms with Crippen molar-refractivity contribution in [3.8, 4) is 0 Å². The number of benzene rings is 2. The Balaban J connectivity index is 2.12. The number of hydrogen-bond acceptors (Lipinski definition) is 2. The predicted octanol–water partition coefficient (Wildman–Crippen LogP) is 3.71. The van der Waals surface area contributed by atoms with Crippen molar-refractivity contribution in [2.45, 2.75) is 26.4 Å². The maximum absolute atomic E-state index is 12.4. The van der Waals surface area contributed by atoms with Gasteiger partial charge in [0, 0.05) is 24.0 Å². The molecule has 0 saturated heterocycles. The number of nitrogens with zero attached hydrogens (tertiary/aromatic N) is 1. The number of para-hydroxylation sites is 2. The molecule has 0 aliphatic carbocycles. The molecule has 4 nitrogen and oxygen atoms in total. The van der Waals surface area contributed by atoms with E-state index in [-0.39, 0.29) is 12.1 Å². The van der Waals surface area contributed by atoms with Gasteiger partial charge < -0.3 is 16.0 Å². The zero-order chi connectivity index (χ0) is 15.2. The van der Waals surface area contributed by atoms with E-state index in [4.69, 9.17) is 5.73 Å². The largest absolute Gasteiger partial charge is 0.398 e. The number of hydrogen-bond donors (Lipinski definition) is 2. The van der Waals surface area contributed by atoms with E-state index in [0.717, 1.165) is 11.3 Å².